The summed E-state index contributed by atoms with van der Waals surface area (Å²) in [6.07, 6.45) is 0.934. The van der Waals surface area contributed by atoms with Crippen LogP contribution in [0.5, 0.6) is 0 Å². The first-order chi connectivity index (χ1) is 4.88. The second kappa shape index (κ2) is 1.87. The highest BCUT2D eigenvalue weighted by molar-refractivity contribution is 5.12. The van der Waals surface area contributed by atoms with Gasteiger partial charge in [-0.15, -0.1) is 0 Å². The lowest BCUT2D eigenvalue weighted by atomic mass is 10.3. The topological polar surface area (TPSA) is 34.0 Å². The maximum atomic E-state index is 11.0. The lowest BCUT2D eigenvalue weighted by Gasteiger charge is -1.99. The van der Waals surface area contributed by atoms with Crippen molar-refractivity contribution in [2.24, 2.45) is 0 Å². The Bertz CT molecular complexity index is 303. The third-order valence-electron chi connectivity index (χ3n) is 1.62. The van der Waals surface area contributed by atoms with Gasteiger partial charge in [0.15, 0.2) is 0 Å². The average Bonchev–Trinajstić information content (AvgIpc) is 2.36. The van der Waals surface area contributed by atoms with E-state index in [0.29, 0.717) is 0 Å². The van der Waals surface area contributed by atoms with Crippen LogP contribution in [-0.2, 0) is 6.42 Å². The largest absolute Gasteiger partial charge is 0.323 e. The van der Waals surface area contributed by atoms with E-state index in [2.05, 4.69) is 11.5 Å². The van der Waals surface area contributed by atoms with E-state index in [1.165, 1.54) is 0 Å². The maximum absolute atomic E-state index is 11.0. The molecule has 0 atom stereocenters. The second-order valence-electron chi connectivity index (χ2n) is 2.27. The van der Waals surface area contributed by atoms with Gasteiger partial charge in [0.2, 0.25) is 0 Å². The molecule has 1 aliphatic rings. The molecule has 0 saturated carbocycles. The normalized spacial score (nSPS) is 14.4. The molecule has 3 heteroatoms. The molecule has 0 fully saturated rings. The number of hydrogen-bond donors (Lipinski definition) is 1. The van der Waals surface area contributed by atoms with Gasteiger partial charge in [-0.05, 0) is 12.1 Å². The quantitative estimate of drug-likeness (QED) is 0.532. The van der Waals surface area contributed by atoms with Gasteiger partial charge < -0.3 is 5.43 Å². The monoisotopic (exact) mass is 135 g/mol. The Hall–Kier alpha value is -1.25. The number of aromatic nitrogens is 1. The molecule has 0 unspecified atom stereocenters. The Labute approximate surface area is 58.3 Å². The van der Waals surface area contributed by atoms with Crippen LogP contribution in [0.15, 0.2) is 16.9 Å². The lowest BCUT2D eigenvalue weighted by Crippen LogP contribution is -2.24. The van der Waals surface area contributed by atoms with E-state index >= 15 is 0 Å². The van der Waals surface area contributed by atoms with Crippen molar-refractivity contribution >= 4 is 0 Å². The van der Waals surface area contributed by atoms with Crippen molar-refractivity contribution in [1.82, 2.24) is 4.68 Å². The van der Waals surface area contributed by atoms with Crippen LogP contribution in [0.4, 0.5) is 0 Å². The van der Waals surface area contributed by atoms with Crippen molar-refractivity contribution in [2.45, 2.75) is 6.42 Å². The summed E-state index contributed by atoms with van der Waals surface area (Å²) in [5.41, 5.74) is 3.90. The average molecular weight is 135 g/mol. The SMILES string of the molecule is O=c1[c]ccc2n1NCC2. The fourth-order valence-corrected chi connectivity index (χ4v) is 1.14. The zero-order chi connectivity index (χ0) is 6.97. The van der Waals surface area contributed by atoms with Crippen LogP contribution in [0.25, 0.3) is 0 Å². The highest BCUT2D eigenvalue weighted by Gasteiger charge is 2.08. The molecule has 51 valence electrons. The van der Waals surface area contributed by atoms with Crippen LogP contribution >= 0.6 is 0 Å². The predicted molar refractivity (Wildman–Crippen MR) is 37.5 cm³/mol. The molecule has 3 nitrogen and oxygen atoms in total. The molecule has 1 aromatic rings. The van der Waals surface area contributed by atoms with Crippen LogP contribution < -0.4 is 11.0 Å². The molecule has 0 aromatic carbocycles. The van der Waals surface area contributed by atoms with E-state index in [1.807, 2.05) is 6.07 Å². The van der Waals surface area contributed by atoms with Crippen molar-refractivity contribution < 1.29 is 0 Å². The van der Waals surface area contributed by atoms with Gasteiger partial charge in [-0.25, -0.2) is 4.68 Å². The Morgan fingerprint density at radius 2 is 2.60 bits per heavy atom. The molecule has 0 amide bonds. The van der Waals surface area contributed by atoms with Gasteiger partial charge >= 0.3 is 0 Å². The number of nitrogens with one attached hydrogen (secondary N) is 1. The lowest BCUT2D eigenvalue weighted by molar-refractivity contribution is 0.881. The maximum Gasteiger partial charge on any atom is 0.277 e. The minimum Gasteiger partial charge on any atom is -0.323 e. The summed E-state index contributed by atoms with van der Waals surface area (Å²) in [4.78, 5) is 11.0. The minimum atomic E-state index is -0.0880. The molecule has 0 saturated heterocycles. The molecule has 1 aromatic heterocycles. The van der Waals surface area contributed by atoms with E-state index in [1.54, 1.807) is 10.7 Å². The summed E-state index contributed by atoms with van der Waals surface area (Å²) < 4.78 is 1.54. The van der Waals surface area contributed by atoms with Gasteiger partial charge in [0.25, 0.3) is 5.56 Å². The van der Waals surface area contributed by atoms with Gasteiger partial charge in [0.1, 0.15) is 0 Å². The van der Waals surface area contributed by atoms with Crippen LogP contribution in [0.3, 0.4) is 0 Å². The number of nitrogens with zero attached hydrogens (tertiary/aromatic N) is 1. The molecule has 1 N–H and O–H groups in total. The highest BCUT2D eigenvalue weighted by Crippen LogP contribution is 2.00. The van der Waals surface area contributed by atoms with Crippen LogP contribution in [0.1, 0.15) is 5.69 Å². The van der Waals surface area contributed by atoms with Crippen LogP contribution in [0.2, 0.25) is 0 Å². The summed E-state index contributed by atoms with van der Waals surface area (Å²) in [7, 11) is 0. The minimum absolute atomic E-state index is 0.0880. The summed E-state index contributed by atoms with van der Waals surface area (Å²) >= 11 is 0. The fraction of sp³-hybridized carbons (Fsp3) is 0.286. The molecule has 0 spiro atoms. The second-order valence-corrected chi connectivity index (χ2v) is 2.27. The Kier molecular flexibility index (Phi) is 1.03. The van der Waals surface area contributed by atoms with E-state index in [9.17, 15) is 4.79 Å². The smallest absolute Gasteiger partial charge is 0.277 e. The molecule has 10 heavy (non-hydrogen) atoms. The van der Waals surface area contributed by atoms with Gasteiger partial charge in [-0.3, -0.25) is 4.79 Å². The summed E-state index contributed by atoms with van der Waals surface area (Å²) in [5, 5.41) is 0. The fourth-order valence-electron chi connectivity index (χ4n) is 1.14. The molecular weight excluding hydrogens is 128 g/mol. The van der Waals surface area contributed by atoms with Crippen LogP contribution in [-0.4, -0.2) is 11.2 Å². The summed E-state index contributed by atoms with van der Waals surface area (Å²) in [5.74, 6) is 0. The predicted octanol–water partition coefficient (Wildman–Crippen LogP) is -0.252. The Balaban J connectivity index is 2.70. The zero-order valence-electron chi connectivity index (χ0n) is 5.42. The highest BCUT2D eigenvalue weighted by atomic mass is 16.1. The molecule has 0 bridgehead atoms. The summed E-state index contributed by atoms with van der Waals surface area (Å²) in [6, 6.07) is 6.15. The summed E-state index contributed by atoms with van der Waals surface area (Å²) in [6.45, 7) is 0.854. The zero-order valence-corrected chi connectivity index (χ0v) is 5.42. The van der Waals surface area contributed by atoms with Crippen molar-refractivity contribution in [3.8, 4) is 0 Å². The molecule has 2 rings (SSSR count). The first-order valence-electron chi connectivity index (χ1n) is 3.24. The van der Waals surface area contributed by atoms with Crippen LogP contribution in [0, 0.1) is 6.07 Å². The molecule has 2 heterocycles. The van der Waals surface area contributed by atoms with Gasteiger partial charge in [-0.2, -0.15) is 0 Å². The Morgan fingerprint density at radius 3 is 3.40 bits per heavy atom. The van der Waals surface area contributed by atoms with Crippen molar-refractivity contribution in [3.63, 3.8) is 0 Å². The third kappa shape index (κ3) is 0.635. The van der Waals surface area contributed by atoms with Gasteiger partial charge in [0, 0.05) is 18.7 Å². The number of pyridine rings is 1. The number of hydrogen-bond acceptors (Lipinski definition) is 2. The van der Waals surface area contributed by atoms with Gasteiger partial charge in [0.05, 0.1) is 6.07 Å². The number of fused-ring (bicyclic) bond motifs is 1. The molecule has 1 aliphatic heterocycles. The van der Waals surface area contributed by atoms with E-state index in [4.69, 9.17) is 0 Å². The standard InChI is InChI=1S/C7H7N2O/c10-7-3-1-2-6-4-5-8-9(6)7/h1-2,8H,4-5H2. The van der Waals surface area contributed by atoms with E-state index in [-0.39, 0.29) is 5.56 Å². The van der Waals surface area contributed by atoms with Crippen molar-refractivity contribution in [2.75, 3.05) is 12.0 Å². The van der Waals surface area contributed by atoms with Gasteiger partial charge in [-0.1, -0.05) is 0 Å². The third-order valence-corrected chi connectivity index (χ3v) is 1.62. The molecule has 0 aliphatic carbocycles. The first kappa shape index (κ1) is 5.53. The van der Waals surface area contributed by atoms with Crippen molar-refractivity contribution in [1.29, 1.82) is 0 Å². The van der Waals surface area contributed by atoms with Crippen molar-refractivity contribution in [3.05, 3.63) is 34.2 Å². The van der Waals surface area contributed by atoms with E-state index in [0.717, 1.165) is 18.7 Å². The van der Waals surface area contributed by atoms with E-state index < -0.39 is 0 Å². The molecular formula is C7H7N2O. The number of rotatable bonds is 0. The first-order valence-corrected chi connectivity index (χ1v) is 3.24. The Morgan fingerprint density at radius 1 is 1.70 bits per heavy atom. The molecule has 1 radical (unpaired) electrons.